The van der Waals surface area contributed by atoms with Crippen LogP contribution in [0.5, 0.6) is 0 Å². The molecule has 0 saturated carbocycles. The molecule has 0 aromatic carbocycles. The predicted octanol–water partition coefficient (Wildman–Crippen LogP) is 2.90. The number of halogens is 1. The Labute approximate surface area is 139 Å². The molecule has 1 aromatic rings. The summed E-state index contributed by atoms with van der Waals surface area (Å²) in [5.41, 5.74) is 0.363. The normalized spacial score (nSPS) is 21.6. The molecule has 8 heteroatoms. The van der Waals surface area contributed by atoms with Crippen LogP contribution in [0.3, 0.4) is 0 Å². The van der Waals surface area contributed by atoms with Crippen molar-refractivity contribution in [3.05, 3.63) is 33.1 Å². The molecule has 0 spiro atoms. The molecule has 1 aliphatic rings. The molecule has 1 aliphatic heterocycles. The fourth-order valence-electron chi connectivity index (χ4n) is 2.01. The molecule has 0 radical (unpaired) electrons. The van der Waals surface area contributed by atoms with Gasteiger partial charge in [-0.2, -0.15) is 11.8 Å². The highest BCUT2D eigenvalue weighted by Gasteiger charge is 2.39. The van der Waals surface area contributed by atoms with Crippen LogP contribution in [0.1, 0.15) is 10.9 Å². The molecule has 2 N–H and O–H groups in total. The summed E-state index contributed by atoms with van der Waals surface area (Å²) in [6, 6.07) is 2.94. The molecule has 1 fully saturated rings. The first-order valence-electron chi connectivity index (χ1n) is 6.20. The van der Waals surface area contributed by atoms with Crippen molar-refractivity contribution in [1.82, 2.24) is 10.6 Å². The summed E-state index contributed by atoms with van der Waals surface area (Å²) in [5, 5.41) is 5.32. The van der Waals surface area contributed by atoms with Crippen molar-refractivity contribution in [3.8, 4) is 0 Å². The summed E-state index contributed by atoms with van der Waals surface area (Å²) in [7, 11) is 0. The number of hydrogen-bond acceptors (Lipinski definition) is 5. The summed E-state index contributed by atoms with van der Waals surface area (Å²) >= 11 is 6.46. The first-order chi connectivity index (χ1) is 10.0. The molecule has 0 aliphatic carbocycles. The van der Waals surface area contributed by atoms with Crippen LogP contribution in [0.4, 0.5) is 4.79 Å². The molecule has 2 rings (SSSR count). The lowest BCUT2D eigenvalue weighted by atomic mass is 9.93. The molecule has 21 heavy (non-hydrogen) atoms. The maximum Gasteiger partial charge on any atom is 0.319 e. The Morgan fingerprint density at radius 1 is 1.57 bits per heavy atom. The van der Waals surface area contributed by atoms with Crippen molar-refractivity contribution in [2.45, 2.75) is 6.04 Å². The lowest BCUT2D eigenvalue weighted by Gasteiger charge is -2.32. The minimum absolute atomic E-state index is 0.346. The van der Waals surface area contributed by atoms with Crippen LogP contribution in [0, 0.1) is 5.92 Å². The Morgan fingerprint density at radius 3 is 2.95 bits per heavy atom. The van der Waals surface area contributed by atoms with E-state index >= 15 is 0 Å². The summed E-state index contributed by atoms with van der Waals surface area (Å²) in [5.74, 6) is -0.272. The fourth-order valence-corrected chi connectivity index (χ4v) is 3.77. The molecule has 114 valence electrons. The van der Waals surface area contributed by atoms with E-state index in [9.17, 15) is 9.59 Å². The van der Waals surface area contributed by atoms with Gasteiger partial charge in [0.15, 0.2) is 0 Å². The molecule has 2 atom stereocenters. The average molecular weight is 391 g/mol. The van der Waals surface area contributed by atoms with Crippen molar-refractivity contribution < 1.29 is 14.3 Å². The van der Waals surface area contributed by atoms with Gasteiger partial charge in [0.2, 0.25) is 0 Å². The fraction of sp³-hybridized carbons (Fsp3) is 0.385. The van der Waals surface area contributed by atoms with Crippen molar-refractivity contribution in [2.75, 3.05) is 18.6 Å². The molecule has 1 saturated heterocycles. The van der Waals surface area contributed by atoms with Gasteiger partial charge in [-0.15, -0.1) is 11.3 Å². The maximum absolute atomic E-state index is 12.3. The van der Waals surface area contributed by atoms with E-state index in [1.54, 1.807) is 11.8 Å². The van der Waals surface area contributed by atoms with Gasteiger partial charge in [-0.3, -0.25) is 4.79 Å². The molecule has 5 nitrogen and oxygen atoms in total. The summed E-state index contributed by atoms with van der Waals surface area (Å²) in [4.78, 5) is 24.8. The zero-order valence-electron chi connectivity index (χ0n) is 11.3. The topological polar surface area (TPSA) is 67.4 Å². The molecule has 1 aromatic heterocycles. The number of amides is 2. The molecule has 0 bridgehead atoms. The number of esters is 1. The second-order valence-corrected chi connectivity index (χ2v) is 7.86. The molecule has 2 amide bonds. The summed E-state index contributed by atoms with van der Waals surface area (Å²) < 4.78 is 6.20. The number of thioether (sulfide) groups is 1. The second-order valence-electron chi connectivity index (χ2n) is 4.38. The first kappa shape index (κ1) is 16.4. The number of thiophene rings is 1. The van der Waals surface area contributed by atoms with Gasteiger partial charge in [0.1, 0.15) is 12.5 Å². The number of rotatable bonds is 5. The third-order valence-corrected chi connectivity index (χ3v) is 5.24. The van der Waals surface area contributed by atoms with Crippen molar-refractivity contribution >= 4 is 51.0 Å². The lowest BCUT2D eigenvalue weighted by molar-refractivity contribution is -0.147. The monoisotopic (exact) mass is 390 g/mol. The highest BCUT2D eigenvalue weighted by atomic mass is 79.9. The zero-order chi connectivity index (χ0) is 15.4. The van der Waals surface area contributed by atoms with Crippen LogP contribution >= 0.6 is 39.0 Å². The van der Waals surface area contributed by atoms with Crippen LogP contribution in [-0.2, 0) is 9.53 Å². The van der Waals surface area contributed by atoms with Crippen LogP contribution in [0.25, 0.3) is 0 Å². The van der Waals surface area contributed by atoms with Crippen LogP contribution < -0.4 is 10.6 Å². The standard InChI is InChI=1S/C13H15BrN2O3S2/c1-7-10(12(17)19-5-6-20-2)11(16-13(18)15-7)8-3-4-9(14)21-8/h3-4,10-11H,1,5-6H2,2H3,(H2,15,16,18)/t10-,11+/m1/s1. The lowest BCUT2D eigenvalue weighted by Crippen LogP contribution is -2.50. The van der Waals surface area contributed by atoms with E-state index in [4.69, 9.17) is 4.74 Å². The minimum Gasteiger partial charge on any atom is -0.464 e. The van der Waals surface area contributed by atoms with E-state index in [0.717, 1.165) is 14.4 Å². The molecular formula is C13H15BrN2O3S2. The SMILES string of the molecule is C=C1NC(=O)N[C@@H](c2ccc(Br)s2)[C@@H]1C(=O)OCCSC. The minimum atomic E-state index is -0.630. The Kier molecular flexibility index (Phi) is 5.72. The number of ether oxygens (including phenoxy) is 1. The number of urea groups is 1. The van der Waals surface area contributed by atoms with Gasteiger partial charge in [-0.25, -0.2) is 4.79 Å². The highest BCUT2D eigenvalue weighted by Crippen LogP contribution is 2.35. The Bertz CT molecular complexity index is 561. The van der Waals surface area contributed by atoms with E-state index < -0.39 is 12.0 Å². The largest absolute Gasteiger partial charge is 0.464 e. The van der Waals surface area contributed by atoms with E-state index in [1.165, 1.54) is 11.3 Å². The van der Waals surface area contributed by atoms with E-state index in [0.29, 0.717) is 12.3 Å². The molecule has 0 unspecified atom stereocenters. The number of hydrogen-bond donors (Lipinski definition) is 2. The van der Waals surface area contributed by atoms with Crippen molar-refractivity contribution in [1.29, 1.82) is 0 Å². The smallest absolute Gasteiger partial charge is 0.319 e. The number of carbonyl (C=O) groups is 2. The van der Waals surface area contributed by atoms with E-state index in [2.05, 4.69) is 33.1 Å². The average Bonchev–Trinajstić information content (AvgIpc) is 2.84. The summed E-state index contributed by atoms with van der Waals surface area (Å²) in [6.07, 6.45) is 1.95. The van der Waals surface area contributed by atoms with E-state index in [1.807, 2.05) is 18.4 Å². The van der Waals surface area contributed by atoms with Crippen LogP contribution in [-0.4, -0.2) is 30.6 Å². The van der Waals surface area contributed by atoms with Gasteiger partial charge >= 0.3 is 12.0 Å². The Balaban J connectivity index is 2.18. The number of carbonyl (C=O) groups excluding carboxylic acids is 2. The Hall–Kier alpha value is -0.990. The van der Waals surface area contributed by atoms with Crippen LogP contribution in [0.2, 0.25) is 0 Å². The summed E-state index contributed by atoms with van der Waals surface area (Å²) in [6.45, 7) is 4.14. The predicted molar refractivity (Wildman–Crippen MR) is 88.4 cm³/mol. The van der Waals surface area contributed by atoms with Gasteiger partial charge < -0.3 is 15.4 Å². The molecule has 2 heterocycles. The Morgan fingerprint density at radius 2 is 2.33 bits per heavy atom. The van der Waals surface area contributed by atoms with Gasteiger partial charge in [-0.05, 0) is 34.3 Å². The van der Waals surface area contributed by atoms with Crippen molar-refractivity contribution in [2.24, 2.45) is 5.92 Å². The zero-order valence-corrected chi connectivity index (χ0v) is 14.6. The molecular weight excluding hydrogens is 376 g/mol. The number of nitrogens with one attached hydrogen (secondary N) is 2. The van der Waals surface area contributed by atoms with Gasteiger partial charge in [0.05, 0.1) is 9.83 Å². The van der Waals surface area contributed by atoms with Crippen molar-refractivity contribution in [3.63, 3.8) is 0 Å². The van der Waals surface area contributed by atoms with Gasteiger partial charge in [-0.1, -0.05) is 6.58 Å². The van der Waals surface area contributed by atoms with E-state index in [-0.39, 0.29) is 12.0 Å². The second kappa shape index (κ2) is 7.33. The van der Waals surface area contributed by atoms with Gasteiger partial charge in [0, 0.05) is 16.3 Å². The quantitative estimate of drug-likeness (QED) is 0.598. The first-order valence-corrected chi connectivity index (χ1v) is 9.20. The third-order valence-electron chi connectivity index (χ3n) is 2.96. The van der Waals surface area contributed by atoms with Gasteiger partial charge in [0.25, 0.3) is 0 Å². The third kappa shape index (κ3) is 4.02. The van der Waals surface area contributed by atoms with Crippen LogP contribution in [0.15, 0.2) is 28.2 Å². The maximum atomic E-state index is 12.3. The highest BCUT2D eigenvalue weighted by molar-refractivity contribution is 9.11.